The van der Waals surface area contributed by atoms with Crippen molar-refractivity contribution in [3.8, 4) is 0 Å². The Morgan fingerprint density at radius 3 is 2.65 bits per heavy atom. The van der Waals surface area contributed by atoms with Gasteiger partial charge in [-0.2, -0.15) is 0 Å². The number of nitrogens with one attached hydrogen (secondary N) is 1. The molecule has 0 bridgehead atoms. The first kappa shape index (κ1) is 14.3. The predicted molar refractivity (Wildman–Crippen MR) is 86.6 cm³/mol. The fourth-order valence-corrected chi connectivity index (χ4v) is 4.73. The molecule has 1 aromatic heterocycles. The number of thiazole rings is 1. The fraction of sp³-hybridized carbons (Fsp3) is 0.812. The van der Waals surface area contributed by atoms with Crippen LogP contribution in [0.5, 0.6) is 0 Å². The van der Waals surface area contributed by atoms with Crippen LogP contribution in [-0.2, 0) is 6.42 Å². The van der Waals surface area contributed by atoms with Gasteiger partial charge in [-0.15, -0.1) is 0 Å². The molecule has 3 nitrogen and oxygen atoms in total. The van der Waals surface area contributed by atoms with Crippen molar-refractivity contribution in [2.24, 2.45) is 11.3 Å². The first-order valence-electron chi connectivity index (χ1n) is 7.90. The molecule has 1 N–H and O–H groups in total. The molecule has 1 fully saturated rings. The molecule has 3 rings (SSSR count). The SMILES string of the molecule is CNC1CC(C)(C)Cc2nc(N3CCC(C)CC3)sc21. The summed E-state index contributed by atoms with van der Waals surface area (Å²) >= 11 is 1.93. The van der Waals surface area contributed by atoms with Crippen molar-refractivity contribution in [1.29, 1.82) is 0 Å². The smallest absolute Gasteiger partial charge is 0.185 e. The highest BCUT2D eigenvalue weighted by Gasteiger charge is 2.35. The summed E-state index contributed by atoms with van der Waals surface area (Å²) in [6.07, 6.45) is 4.97. The third-order valence-electron chi connectivity index (χ3n) is 4.84. The van der Waals surface area contributed by atoms with Crippen molar-refractivity contribution >= 4 is 16.5 Å². The summed E-state index contributed by atoms with van der Waals surface area (Å²) in [5.41, 5.74) is 1.71. The number of aromatic nitrogens is 1. The molecule has 1 aliphatic carbocycles. The molecule has 0 radical (unpaired) electrons. The van der Waals surface area contributed by atoms with E-state index in [0.29, 0.717) is 11.5 Å². The van der Waals surface area contributed by atoms with Crippen molar-refractivity contribution in [3.05, 3.63) is 10.6 Å². The summed E-state index contributed by atoms with van der Waals surface area (Å²) in [4.78, 5) is 8.99. The van der Waals surface area contributed by atoms with Crippen LogP contribution in [-0.4, -0.2) is 25.1 Å². The molecule has 1 atom stereocenters. The maximum atomic E-state index is 5.00. The standard InChI is InChI=1S/C16H27N3S/c1-11-5-7-19(8-6-11)15-18-13-10-16(2,3)9-12(17-4)14(13)20-15/h11-12,17H,5-10H2,1-4H3. The molecule has 0 aromatic carbocycles. The number of piperidine rings is 1. The Balaban J connectivity index is 1.84. The quantitative estimate of drug-likeness (QED) is 0.903. The Labute approximate surface area is 126 Å². The highest BCUT2D eigenvalue weighted by atomic mass is 32.1. The highest BCUT2D eigenvalue weighted by Crippen LogP contribution is 2.44. The van der Waals surface area contributed by atoms with E-state index in [1.807, 2.05) is 11.3 Å². The van der Waals surface area contributed by atoms with Crippen molar-refractivity contribution in [3.63, 3.8) is 0 Å². The van der Waals surface area contributed by atoms with Crippen LogP contribution in [0.3, 0.4) is 0 Å². The predicted octanol–water partition coefficient (Wildman–Crippen LogP) is 3.61. The van der Waals surface area contributed by atoms with E-state index in [9.17, 15) is 0 Å². The van der Waals surface area contributed by atoms with Gasteiger partial charge in [0.25, 0.3) is 0 Å². The van der Waals surface area contributed by atoms with E-state index in [1.165, 1.54) is 48.1 Å². The minimum Gasteiger partial charge on any atom is -0.348 e. The summed E-state index contributed by atoms with van der Waals surface area (Å²) < 4.78 is 0. The van der Waals surface area contributed by atoms with Gasteiger partial charge in [-0.05, 0) is 44.1 Å². The molecule has 112 valence electrons. The number of anilines is 1. The Bertz CT molecular complexity index is 472. The van der Waals surface area contributed by atoms with Crippen LogP contribution in [0.4, 0.5) is 5.13 Å². The second-order valence-electron chi connectivity index (χ2n) is 7.36. The molecular weight excluding hydrogens is 266 g/mol. The lowest BCUT2D eigenvalue weighted by molar-refractivity contribution is 0.265. The van der Waals surface area contributed by atoms with Gasteiger partial charge in [-0.3, -0.25) is 0 Å². The molecule has 1 aromatic rings. The monoisotopic (exact) mass is 293 g/mol. The van der Waals surface area contributed by atoms with Crippen molar-refractivity contribution in [2.45, 2.75) is 52.5 Å². The summed E-state index contributed by atoms with van der Waals surface area (Å²) in [6, 6.07) is 0.490. The molecule has 2 aliphatic rings. The average molecular weight is 293 g/mol. The van der Waals surface area contributed by atoms with Crippen LogP contribution >= 0.6 is 11.3 Å². The summed E-state index contributed by atoms with van der Waals surface area (Å²) in [6.45, 7) is 9.45. The molecule has 1 aliphatic heterocycles. The lowest BCUT2D eigenvalue weighted by Gasteiger charge is -2.34. The van der Waals surface area contributed by atoms with E-state index in [-0.39, 0.29) is 0 Å². The molecule has 0 spiro atoms. The van der Waals surface area contributed by atoms with Crippen LogP contribution in [0.1, 0.15) is 56.6 Å². The summed E-state index contributed by atoms with van der Waals surface area (Å²) in [7, 11) is 2.08. The third-order valence-corrected chi connectivity index (χ3v) is 6.11. The van der Waals surface area contributed by atoms with Gasteiger partial charge in [-0.25, -0.2) is 4.98 Å². The minimum absolute atomic E-state index is 0.364. The molecule has 2 heterocycles. The number of rotatable bonds is 2. The maximum absolute atomic E-state index is 5.00. The third kappa shape index (κ3) is 2.73. The number of fused-ring (bicyclic) bond motifs is 1. The van der Waals surface area contributed by atoms with Crippen molar-refractivity contribution in [2.75, 3.05) is 25.0 Å². The zero-order valence-corrected chi connectivity index (χ0v) is 14.0. The van der Waals surface area contributed by atoms with Crippen LogP contribution in [0.25, 0.3) is 0 Å². The molecule has 1 saturated heterocycles. The van der Waals surface area contributed by atoms with E-state index in [0.717, 1.165) is 12.3 Å². The van der Waals surface area contributed by atoms with Crippen LogP contribution in [0.15, 0.2) is 0 Å². The second-order valence-corrected chi connectivity index (χ2v) is 8.37. The van der Waals surface area contributed by atoms with Gasteiger partial charge in [0.05, 0.1) is 5.69 Å². The van der Waals surface area contributed by atoms with Crippen molar-refractivity contribution < 1.29 is 0 Å². The first-order chi connectivity index (χ1) is 9.48. The van der Waals surface area contributed by atoms with Gasteiger partial charge in [0.15, 0.2) is 5.13 Å². The van der Waals surface area contributed by atoms with E-state index in [4.69, 9.17) is 4.98 Å². The normalized spacial score (nSPS) is 26.6. The lowest BCUT2D eigenvalue weighted by atomic mass is 9.76. The number of hydrogen-bond acceptors (Lipinski definition) is 4. The number of hydrogen-bond donors (Lipinski definition) is 1. The van der Waals surface area contributed by atoms with E-state index in [1.54, 1.807) is 0 Å². The lowest BCUT2D eigenvalue weighted by Crippen LogP contribution is -2.32. The minimum atomic E-state index is 0.364. The Morgan fingerprint density at radius 2 is 2.00 bits per heavy atom. The molecule has 20 heavy (non-hydrogen) atoms. The average Bonchev–Trinajstić information content (AvgIpc) is 2.80. The van der Waals surface area contributed by atoms with E-state index < -0.39 is 0 Å². The van der Waals surface area contributed by atoms with E-state index in [2.05, 4.69) is 38.0 Å². The Hall–Kier alpha value is -0.610. The number of nitrogens with zero attached hydrogens (tertiary/aromatic N) is 2. The molecule has 4 heteroatoms. The molecule has 0 saturated carbocycles. The van der Waals surface area contributed by atoms with Gasteiger partial charge >= 0.3 is 0 Å². The van der Waals surface area contributed by atoms with Gasteiger partial charge in [0.1, 0.15) is 0 Å². The van der Waals surface area contributed by atoms with Gasteiger partial charge < -0.3 is 10.2 Å². The topological polar surface area (TPSA) is 28.2 Å². The van der Waals surface area contributed by atoms with Crippen LogP contribution in [0, 0.1) is 11.3 Å². The van der Waals surface area contributed by atoms with Gasteiger partial charge in [0, 0.05) is 24.0 Å². The fourth-order valence-electron chi connectivity index (χ4n) is 3.49. The maximum Gasteiger partial charge on any atom is 0.185 e. The molecule has 1 unspecified atom stereocenters. The van der Waals surface area contributed by atoms with Gasteiger partial charge in [-0.1, -0.05) is 32.1 Å². The second kappa shape index (κ2) is 5.30. The highest BCUT2D eigenvalue weighted by molar-refractivity contribution is 7.15. The summed E-state index contributed by atoms with van der Waals surface area (Å²) in [5, 5.41) is 4.75. The zero-order valence-electron chi connectivity index (χ0n) is 13.2. The van der Waals surface area contributed by atoms with Crippen LogP contribution < -0.4 is 10.2 Å². The van der Waals surface area contributed by atoms with Crippen molar-refractivity contribution in [1.82, 2.24) is 10.3 Å². The zero-order chi connectivity index (χ0) is 14.3. The van der Waals surface area contributed by atoms with Crippen LogP contribution in [0.2, 0.25) is 0 Å². The first-order valence-corrected chi connectivity index (χ1v) is 8.72. The largest absolute Gasteiger partial charge is 0.348 e. The molecular formula is C16H27N3S. The summed E-state index contributed by atoms with van der Waals surface area (Å²) in [5.74, 6) is 0.879. The molecule has 0 amide bonds. The van der Waals surface area contributed by atoms with E-state index >= 15 is 0 Å². The Morgan fingerprint density at radius 1 is 1.30 bits per heavy atom. The Kier molecular flexibility index (Phi) is 3.80. The van der Waals surface area contributed by atoms with Gasteiger partial charge in [0.2, 0.25) is 0 Å².